The first kappa shape index (κ1) is 12.2. The predicted molar refractivity (Wildman–Crippen MR) is 67.7 cm³/mol. The van der Waals surface area contributed by atoms with E-state index >= 15 is 0 Å². The average molecular weight is 250 g/mol. The Hall–Kier alpha value is -0.830. The van der Waals surface area contributed by atoms with Crippen molar-refractivity contribution in [2.75, 3.05) is 0 Å². The molecule has 3 aliphatic rings. The molecule has 18 heavy (non-hydrogen) atoms. The molecule has 3 fully saturated rings. The Kier molecular flexibility index (Phi) is 2.60. The van der Waals surface area contributed by atoms with Gasteiger partial charge in [0.1, 0.15) is 6.10 Å². The molecule has 0 aromatic carbocycles. The molecule has 0 amide bonds. The minimum atomic E-state index is -0.584. The first-order valence-electron chi connectivity index (χ1n) is 7.02. The molecule has 1 saturated heterocycles. The molecule has 6 atom stereocenters. The third-order valence-electron chi connectivity index (χ3n) is 5.56. The van der Waals surface area contributed by atoms with Crippen LogP contribution in [0.2, 0.25) is 0 Å². The second-order valence-electron chi connectivity index (χ2n) is 6.69. The molecule has 100 valence electrons. The van der Waals surface area contributed by atoms with Crippen LogP contribution >= 0.6 is 0 Å². The highest BCUT2D eigenvalue weighted by molar-refractivity contribution is 5.90. The van der Waals surface area contributed by atoms with Crippen molar-refractivity contribution in [2.24, 2.45) is 23.7 Å². The van der Waals surface area contributed by atoms with Crippen LogP contribution in [0, 0.1) is 23.7 Å². The van der Waals surface area contributed by atoms with Crippen LogP contribution in [-0.2, 0) is 9.53 Å². The SMILES string of the molecule is C=C1C(=O)O[C@H]2C[C@H](C)[C@@H]3CC[C@@](C)(O)[C@@H]3C[C@H]12. The van der Waals surface area contributed by atoms with Gasteiger partial charge in [-0.3, -0.25) is 0 Å². The van der Waals surface area contributed by atoms with Crippen molar-refractivity contribution in [2.45, 2.75) is 51.2 Å². The molecule has 1 heterocycles. The zero-order valence-electron chi connectivity index (χ0n) is 11.2. The highest BCUT2D eigenvalue weighted by Crippen LogP contribution is 2.53. The summed E-state index contributed by atoms with van der Waals surface area (Å²) < 4.78 is 5.44. The van der Waals surface area contributed by atoms with Crippen LogP contribution in [0.1, 0.15) is 39.5 Å². The summed E-state index contributed by atoms with van der Waals surface area (Å²) in [7, 11) is 0. The van der Waals surface area contributed by atoms with Crippen LogP contribution in [0.4, 0.5) is 0 Å². The van der Waals surface area contributed by atoms with Gasteiger partial charge < -0.3 is 9.84 Å². The molecular formula is C15H22O3. The number of fused-ring (bicyclic) bond motifs is 2. The second-order valence-corrected chi connectivity index (χ2v) is 6.69. The maximum absolute atomic E-state index is 11.6. The Morgan fingerprint density at radius 2 is 2.17 bits per heavy atom. The minimum Gasteiger partial charge on any atom is -0.458 e. The van der Waals surface area contributed by atoms with Gasteiger partial charge in [0.05, 0.1) is 5.60 Å². The van der Waals surface area contributed by atoms with E-state index in [1.165, 1.54) is 0 Å². The van der Waals surface area contributed by atoms with Gasteiger partial charge in [-0.15, -0.1) is 0 Å². The molecular weight excluding hydrogens is 228 g/mol. The smallest absolute Gasteiger partial charge is 0.334 e. The van der Waals surface area contributed by atoms with Crippen molar-refractivity contribution in [3.8, 4) is 0 Å². The molecule has 3 rings (SSSR count). The zero-order valence-corrected chi connectivity index (χ0v) is 11.2. The summed E-state index contributed by atoms with van der Waals surface area (Å²) in [5.74, 6) is 1.26. The van der Waals surface area contributed by atoms with E-state index in [2.05, 4.69) is 13.5 Å². The van der Waals surface area contributed by atoms with E-state index < -0.39 is 5.60 Å². The van der Waals surface area contributed by atoms with Crippen LogP contribution in [0.25, 0.3) is 0 Å². The maximum Gasteiger partial charge on any atom is 0.334 e. The van der Waals surface area contributed by atoms with Gasteiger partial charge in [-0.2, -0.15) is 0 Å². The van der Waals surface area contributed by atoms with E-state index in [9.17, 15) is 9.90 Å². The normalized spacial score (nSPS) is 51.6. The quantitative estimate of drug-likeness (QED) is 0.530. The molecule has 0 spiro atoms. The van der Waals surface area contributed by atoms with E-state index in [1.54, 1.807) is 0 Å². The van der Waals surface area contributed by atoms with Gasteiger partial charge >= 0.3 is 5.97 Å². The number of ether oxygens (including phenoxy) is 1. The van der Waals surface area contributed by atoms with Crippen LogP contribution in [0.15, 0.2) is 12.2 Å². The molecule has 3 heteroatoms. The number of carbonyl (C=O) groups excluding carboxylic acids is 1. The Morgan fingerprint density at radius 1 is 1.44 bits per heavy atom. The second kappa shape index (κ2) is 3.83. The number of hydrogen-bond acceptors (Lipinski definition) is 3. The van der Waals surface area contributed by atoms with Crippen molar-refractivity contribution in [3.05, 3.63) is 12.2 Å². The zero-order chi connectivity index (χ0) is 13.1. The molecule has 0 radical (unpaired) electrons. The lowest BCUT2D eigenvalue weighted by atomic mass is 9.77. The van der Waals surface area contributed by atoms with Crippen molar-refractivity contribution in [3.63, 3.8) is 0 Å². The Morgan fingerprint density at radius 3 is 2.89 bits per heavy atom. The van der Waals surface area contributed by atoms with Crippen LogP contribution in [-0.4, -0.2) is 22.8 Å². The predicted octanol–water partition coefficient (Wildman–Crippen LogP) is 2.29. The molecule has 1 N–H and O–H groups in total. The standard InChI is InChI=1S/C15H22O3/c1-8-6-13-11(9(2)14(16)18-13)7-12-10(8)4-5-15(12,3)17/h8,10-13,17H,2,4-7H2,1,3H3/t8-,10-,11+,12+,13-,15+/m0/s1. The van der Waals surface area contributed by atoms with E-state index in [4.69, 9.17) is 4.74 Å². The Bertz CT molecular complexity index is 399. The van der Waals surface area contributed by atoms with Gasteiger partial charge in [0.15, 0.2) is 0 Å². The van der Waals surface area contributed by atoms with Gasteiger partial charge in [0, 0.05) is 11.5 Å². The molecule has 0 aromatic rings. The molecule has 0 unspecified atom stereocenters. The average Bonchev–Trinajstić information content (AvgIpc) is 2.65. The van der Waals surface area contributed by atoms with Gasteiger partial charge in [-0.25, -0.2) is 4.79 Å². The Labute approximate surface area is 108 Å². The highest BCUT2D eigenvalue weighted by atomic mass is 16.6. The lowest BCUT2D eigenvalue weighted by molar-refractivity contribution is -0.139. The van der Waals surface area contributed by atoms with Crippen LogP contribution < -0.4 is 0 Å². The topological polar surface area (TPSA) is 46.5 Å². The van der Waals surface area contributed by atoms with E-state index in [0.717, 1.165) is 25.7 Å². The van der Waals surface area contributed by atoms with Crippen molar-refractivity contribution in [1.29, 1.82) is 0 Å². The molecule has 2 aliphatic carbocycles. The molecule has 0 bridgehead atoms. The third-order valence-corrected chi connectivity index (χ3v) is 5.56. The van der Waals surface area contributed by atoms with E-state index in [-0.39, 0.29) is 23.9 Å². The van der Waals surface area contributed by atoms with Crippen LogP contribution in [0.3, 0.4) is 0 Å². The third kappa shape index (κ3) is 1.63. The number of aliphatic hydroxyl groups is 1. The fourth-order valence-corrected chi connectivity index (χ4v) is 4.41. The number of esters is 1. The van der Waals surface area contributed by atoms with Crippen molar-refractivity contribution in [1.82, 2.24) is 0 Å². The fraction of sp³-hybridized carbons (Fsp3) is 0.800. The number of hydrogen-bond donors (Lipinski definition) is 1. The summed E-state index contributed by atoms with van der Waals surface area (Å²) in [4.78, 5) is 11.6. The summed E-state index contributed by atoms with van der Waals surface area (Å²) >= 11 is 0. The van der Waals surface area contributed by atoms with Crippen molar-refractivity contribution < 1.29 is 14.6 Å². The summed E-state index contributed by atoms with van der Waals surface area (Å²) in [6.07, 6.45) is 3.76. The molecule has 1 aliphatic heterocycles. The number of rotatable bonds is 0. The fourth-order valence-electron chi connectivity index (χ4n) is 4.41. The van der Waals surface area contributed by atoms with Gasteiger partial charge in [-0.05, 0) is 50.4 Å². The lowest BCUT2D eigenvalue weighted by Crippen LogP contribution is -2.34. The largest absolute Gasteiger partial charge is 0.458 e. The minimum absolute atomic E-state index is 0.00130. The van der Waals surface area contributed by atoms with Crippen molar-refractivity contribution >= 4 is 5.97 Å². The van der Waals surface area contributed by atoms with E-state index in [0.29, 0.717) is 17.4 Å². The lowest BCUT2D eigenvalue weighted by Gasteiger charge is -2.31. The molecule has 3 nitrogen and oxygen atoms in total. The summed E-state index contributed by atoms with van der Waals surface area (Å²) in [5, 5.41) is 10.5. The number of carbonyl (C=O) groups is 1. The monoisotopic (exact) mass is 250 g/mol. The highest BCUT2D eigenvalue weighted by Gasteiger charge is 2.53. The molecule has 2 saturated carbocycles. The Balaban J connectivity index is 1.92. The van der Waals surface area contributed by atoms with Crippen LogP contribution in [0.5, 0.6) is 0 Å². The summed E-state index contributed by atoms with van der Waals surface area (Å²) in [6.45, 7) is 8.07. The maximum atomic E-state index is 11.6. The van der Waals surface area contributed by atoms with E-state index in [1.807, 2.05) is 6.92 Å². The van der Waals surface area contributed by atoms with Gasteiger partial charge in [0.25, 0.3) is 0 Å². The summed E-state index contributed by atoms with van der Waals surface area (Å²) in [6, 6.07) is 0. The molecule has 0 aromatic heterocycles. The first-order valence-corrected chi connectivity index (χ1v) is 7.02. The van der Waals surface area contributed by atoms with Gasteiger partial charge in [-0.1, -0.05) is 13.5 Å². The summed E-state index contributed by atoms with van der Waals surface area (Å²) in [5.41, 5.74) is 0.0373. The first-order chi connectivity index (χ1) is 8.40. The van der Waals surface area contributed by atoms with Gasteiger partial charge in [0.2, 0.25) is 0 Å².